The van der Waals surface area contributed by atoms with Crippen molar-refractivity contribution in [3.05, 3.63) is 0 Å². The third-order valence-electron chi connectivity index (χ3n) is 0.569. The van der Waals surface area contributed by atoms with Gasteiger partial charge in [0, 0.05) is 0 Å². The molecule has 0 fully saturated rings. The molecule has 0 aromatic rings. The molecule has 0 saturated carbocycles. The lowest BCUT2D eigenvalue weighted by Crippen LogP contribution is -1.74. The summed E-state index contributed by atoms with van der Waals surface area (Å²) in [6, 6.07) is 0. The summed E-state index contributed by atoms with van der Waals surface area (Å²) in [5, 5.41) is 2.31. The number of rotatable bonds is 4. The van der Waals surface area contributed by atoms with Crippen molar-refractivity contribution in [2.45, 2.75) is 13.3 Å². The van der Waals surface area contributed by atoms with Crippen LogP contribution in [0.1, 0.15) is 13.3 Å². The van der Waals surface area contributed by atoms with Gasteiger partial charge in [-0.2, -0.15) is 0 Å². The molecule has 0 unspecified atom stereocenters. The number of thioether (sulfide) groups is 1. The molecular weight excluding hydrogens is 138 g/mol. The highest BCUT2D eigenvalue weighted by molar-refractivity contribution is 7.99. The first-order valence-electron chi connectivity index (χ1n) is 2.53. The Morgan fingerprint density at radius 1 is 1.75 bits per heavy atom. The highest BCUT2D eigenvalue weighted by Crippen LogP contribution is 2.00. The predicted octanol–water partition coefficient (Wildman–Crippen LogP) is 2.19. The second-order valence-electron chi connectivity index (χ2n) is 1.29. The van der Waals surface area contributed by atoms with E-state index in [-0.39, 0.29) is 0 Å². The zero-order valence-corrected chi connectivity index (χ0v) is 6.52. The van der Waals surface area contributed by atoms with Crippen LogP contribution >= 0.6 is 24.0 Å². The fourth-order valence-corrected chi connectivity index (χ4v) is 1.00. The van der Waals surface area contributed by atoms with Crippen molar-refractivity contribution < 1.29 is 0 Å². The molecule has 0 bridgehead atoms. The molecule has 0 radical (unpaired) electrons. The molecule has 0 atom stereocenters. The molecule has 0 aliphatic carbocycles. The third kappa shape index (κ3) is 6.15. The minimum Gasteiger partial charge on any atom is -0.222 e. The van der Waals surface area contributed by atoms with Crippen molar-refractivity contribution in [2.24, 2.45) is 4.99 Å². The highest BCUT2D eigenvalue weighted by atomic mass is 32.2. The van der Waals surface area contributed by atoms with Crippen molar-refractivity contribution in [3.8, 4) is 0 Å². The van der Waals surface area contributed by atoms with Crippen LogP contribution < -0.4 is 0 Å². The summed E-state index contributed by atoms with van der Waals surface area (Å²) < 4.78 is 0. The van der Waals surface area contributed by atoms with Crippen molar-refractivity contribution in [2.75, 3.05) is 11.6 Å². The molecule has 0 N–H and O–H groups in total. The summed E-state index contributed by atoms with van der Waals surface area (Å²) in [4.78, 5) is 3.74. The monoisotopic (exact) mass is 147 g/mol. The molecule has 0 spiro atoms. The first kappa shape index (κ1) is 8.15. The SMILES string of the molecule is CCCSCN=C=S. The van der Waals surface area contributed by atoms with Gasteiger partial charge in [0.05, 0.1) is 11.0 Å². The van der Waals surface area contributed by atoms with Crippen molar-refractivity contribution in [1.29, 1.82) is 0 Å². The number of isothiocyanates is 1. The van der Waals surface area contributed by atoms with E-state index in [1.165, 1.54) is 12.2 Å². The molecule has 8 heavy (non-hydrogen) atoms. The van der Waals surface area contributed by atoms with Crippen LogP contribution in [0, 0.1) is 0 Å². The van der Waals surface area contributed by atoms with Crippen LogP contribution in [-0.4, -0.2) is 16.8 Å². The van der Waals surface area contributed by atoms with Gasteiger partial charge in [-0.25, -0.2) is 4.99 Å². The van der Waals surface area contributed by atoms with Crippen molar-refractivity contribution in [3.63, 3.8) is 0 Å². The maximum Gasteiger partial charge on any atom is 0.0947 e. The van der Waals surface area contributed by atoms with Crippen LogP contribution in [0.5, 0.6) is 0 Å². The summed E-state index contributed by atoms with van der Waals surface area (Å²) in [5.41, 5.74) is 0. The smallest absolute Gasteiger partial charge is 0.0947 e. The van der Waals surface area contributed by atoms with Crippen LogP contribution in [0.25, 0.3) is 0 Å². The van der Waals surface area contributed by atoms with Crippen molar-refractivity contribution >= 4 is 29.1 Å². The van der Waals surface area contributed by atoms with Gasteiger partial charge in [-0.15, -0.1) is 11.8 Å². The molecule has 0 heterocycles. The fraction of sp³-hybridized carbons (Fsp3) is 0.800. The van der Waals surface area contributed by atoms with Gasteiger partial charge < -0.3 is 0 Å². The Bertz CT molecular complexity index is 86.4. The standard InChI is InChI=1S/C5H9NS2/c1-2-3-8-5-6-4-7/h2-3,5H2,1H3. The second-order valence-corrected chi connectivity index (χ2v) is 2.54. The van der Waals surface area contributed by atoms with E-state index in [9.17, 15) is 0 Å². The molecular formula is C5H9NS2. The van der Waals surface area contributed by atoms with Gasteiger partial charge in [0.1, 0.15) is 0 Å². The van der Waals surface area contributed by atoms with E-state index in [1.807, 2.05) is 0 Å². The summed E-state index contributed by atoms with van der Waals surface area (Å²) in [7, 11) is 0. The molecule has 1 nitrogen and oxygen atoms in total. The van der Waals surface area contributed by atoms with E-state index in [1.54, 1.807) is 11.8 Å². The van der Waals surface area contributed by atoms with Crippen LogP contribution in [-0.2, 0) is 0 Å². The Balaban J connectivity index is 2.82. The minimum absolute atomic E-state index is 0.775. The van der Waals surface area contributed by atoms with Gasteiger partial charge in [-0.05, 0) is 24.4 Å². The van der Waals surface area contributed by atoms with Gasteiger partial charge in [-0.3, -0.25) is 0 Å². The van der Waals surface area contributed by atoms with Gasteiger partial charge in [0.2, 0.25) is 0 Å². The first-order chi connectivity index (χ1) is 3.91. The zero-order valence-electron chi connectivity index (χ0n) is 4.89. The Hall–Kier alpha value is 0.150. The quantitative estimate of drug-likeness (QED) is 0.343. The van der Waals surface area contributed by atoms with E-state index in [2.05, 4.69) is 29.3 Å². The molecule has 0 aromatic carbocycles. The number of hydrogen-bond acceptors (Lipinski definition) is 3. The lowest BCUT2D eigenvalue weighted by Gasteiger charge is -1.87. The van der Waals surface area contributed by atoms with E-state index in [0.717, 1.165) is 5.88 Å². The topological polar surface area (TPSA) is 12.4 Å². The molecule has 3 heteroatoms. The Kier molecular flexibility index (Phi) is 7.28. The van der Waals surface area contributed by atoms with Gasteiger partial charge in [0.25, 0.3) is 0 Å². The summed E-state index contributed by atoms with van der Waals surface area (Å²) in [6.07, 6.45) is 1.21. The van der Waals surface area contributed by atoms with Gasteiger partial charge in [0.15, 0.2) is 0 Å². The maximum absolute atomic E-state index is 4.37. The number of hydrogen-bond donors (Lipinski definition) is 0. The molecule has 46 valence electrons. The third-order valence-corrected chi connectivity index (χ3v) is 1.71. The van der Waals surface area contributed by atoms with Gasteiger partial charge >= 0.3 is 0 Å². The van der Waals surface area contributed by atoms with E-state index in [0.29, 0.717) is 0 Å². The largest absolute Gasteiger partial charge is 0.222 e. The number of aliphatic imine (C=N–C) groups is 1. The Morgan fingerprint density at radius 2 is 2.50 bits per heavy atom. The summed E-state index contributed by atoms with van der Waals surface area (Å²) >= 11 is 6.15. The van der Waals surface area contributed by atoms with Crippen molar-refractivity contribution in [1.82, 2.24) is 0 Å². The molecule has 0 aliphatic rings. The maximum atomic E-state index is 4.37. The first-order valence-corrected chi connectivity index (χ1v) is 4.09. The van der Waals surface area contributed by atoms with E-state index in [4.69, 9.17) is 0 Å². The predicted molar refractivity (Wildman–Crippen MR) is 42.6 cm³/mol. The van der Waals surface area contributed by atoms with Crippen LogP contribution in [0.4, 0.5) is 0 Å². The Morgan fingerprint density at radius 3 is 3.00 bits per heavy atom. The minimum atomic E-state index is 0.775. The second kappa shape index (κ2) is 7.15. The lowest BCUT2D eigenvalue weighted by atomic mass is 10.6. The van der Waals surface area contributed by atoms with Crippen LogP contribution in [0.3, 0.4) is 0 Å². The van der Waals surface area contributed by atoms with E-state index < -0.39 is 0 Å². The van der Waals surface area contributed by atoms with E-state index >= 15 is 0 Å². The summed E-state index contributed by atoms with van der Waals surface area (Å²) in [5.74, 6) is 1.94. The highest BCUT2D eigenvalue weighted by Gasteiger charge is 1.78. The molecule has 0 rings (SSSR count). The average molecular weight is 147 g/mol. The Labute approximate surface area is 59.6 Å². The zero-order chi connectivity index (χ0) is 6.24. The molecule has 0 saturated heterocycles. The summed E-state index contributed by atoms with van der Waals surface area (Å²) in [6.45, 7) is 2.15. The molecule has 0 aliphatic heterocycles. The van der Waals surface area contributed by atoms with Gasteiger partial charge in [-0.1, -0.05) is 6.92 Å². The number of nitrogens with zero attached hydrogens (tertiary/aromatic N) is 1. The lowest BCUT2D eigenvalue weighted by molar-refractivity contribution is 1.10. The molecule has 0 amide bonds. The molecule has 0 aromatic heterocycles. The fourth-order valence-electron chi connectivity index (χ4n) is 0.281. The van der Waals surface area contributed by atoms with Crippen LogP contribution in [0.15, 0.2) is 4.99 Å². The normalized spacial score (nSPS) is 8.12. The average Bonchev–Trinajstić information content (AvgIpc) is 1.81. The number of thiocarbonyl (C=S) groups is 1. The van der Waals surface area contributed by atoms with Crippen LogP contribution in [0.2, 0.25) is 0 Å².